The van der Waals surface area contributed by atoms with Gasteiger partial charge in [-0.3, -0.25) is 4.98 Å². The van der Waals surface area contributed by atoms with Gasteiger partial charge in [0.15, 0.2) is 0 Å². The van der Waals surface area contributed by atoms with Crippen LogP contribution in [0.4, 0.5) is 0 Å². The van der Waals surface area contributed by atoms with E-state index in [1.54, 1.807) is 0 Å². The molecule has 178 valence electrons. The van der Waals surface area contributed by atoms with Gasteiger partial charge in [-0.1, -0.05) is 97.1 Å². The molecule has 0 aliphatic rings. The van der Waals surface area contributed by atoms with Crippen LogP contribution in [0.25, 0.3) is 70.0 Å². The summed E-state index contributed by atoms with van der Waals surface area (Å²) in [6.07, 6.45) is 1.89. The third-order valence-electron chi connectivity index (χ3n) is 7.49. The normalized spacial score (nSPS) is 11.7. The smallest absolute Gasteiger partial charge is 0.0888 e. The van der Waals surface area contributed by atoms with E-state index in [0.717, 1.165) is 5.52 Å². The standard InChI is InChI=1S/C35H22N2S/c1-2-12-24(28-16-9-17-29-34-33(38-35(28)29)21-10-22-36-34)23(11-1)25-13-3-6-18-30(25)37-31-19-7-4-14-26(31)27-15-5-8-20-32(27)37/h1-22H. The monoisotopic (exact) mass is 502 g/mol. The van der Waals surface area contributed by atoms with Crippen LogP contribution in [0, 0.1) is 0 Å². The first-order valence-electron chi connectivity index (χ1n) is 12.8. The number of hydrogen-bond donors (Lipinski definition) is 0. The average Bonchev–Trinajstić information content (AvgIpc) is 3.53. The van der Waals surface area contributed by atoms with Crippen LogP contribution in [0.3, 0.4) is 0 Å². The van der Waals surface area contributed by atoms with Crippen molar-refractivity contribution in [2.75, 3.05) is 0 Å². The maximum Gasteiger partial charge on any atom is 0.0888 e. The molecular formula is C35H22N2S. The SMILES string of the molecule is c1ccc(-c2cccc3c2sc2cccnc23)c(-c2ccccc2-n2c3ccccc3c3ccccc32)c1. The minimum Gasteiger partial charge on any atom is -0.309 e. The number of hydrogen-bond acceptors (Lipinski definition) is 2. The van der Waals surface area contributed by atoms with Crippen molar-refractivity contribution in [2.24, 2.45) is 0 Å². The summed E-state index contributed by atoms with van der Waals surface area (Å²) in [7, 11) is 0. The van der Waals surface area contributed by atoms with Crippen molar-refractivity contribution in [3.8, 4) is 27.9 Å². The molecule has 0 fully saturated rings. The van der Waals surface area contributed by atoms with E-state index in [9.17, 15) is 0 Å². The van der Waals surface area contributed by atoms with Crippen molar-refractivity contribution in [3.63, 3.8) is 0 Å². The fourth-order valence-electron chi connectivity index (χ4n) is 5.86. The Morgan fingerprint density at radius 2 is 1.05 bits per heavy atom. The molecule has 0 spiro atoms. The predicted molar refractivity (Wildman–Crippen MR) is 162 cm³/mol. The third-order valence-corrected chi connectivity index (χ3v) is 8.68. The summed E-state index contributed by atoms with van der Waals surface area (Å²) < 4.78 is 4.92. The van der Waals surface area contributed by atoms with Gasteiger partial charge in [0.1, 0.15) is 0 Å². The van der Waals surface area contributed by atoms with E-state index in [0.29, 0.717) is 0 Å². The zero-order valence-electron chi connectivity index (χ0n) is 20.5. The molecule has 3 heterocycles. The molecule has 0 saturated carbocycles. The van der Waals surface area contributed by atoms with Gasteiger partial charge in [0.2, 0.25) is 0 Å². The van der Waals surface area contributed by atoms with E-state index in [2.05, 4.69) is 126 Å². The Hall–Kier alpha value is -4.73. The lowest BCUT2D eigenvalue weighted by molar-refractivity contribution is 1.18. The predicted octanol–water partition coefficient (Wildman–Crippen LogP) is 9.88. The van der Waals surface area contributed by atoms with Crippen LogP contribution in [0.15, 0.2) is 134 Å². The number of benzene rings is 5. The first-order chi connectivity index (χ1) is 18.9. The fraction of sp³-hybridized carbons (Fsp3) is 0. The molecule has 0 N–H and O–H groups in total. The highest BCUT2D eigenvalue weighted by molar-refractivity contribution is 7.26. The number of pyridine rings is 1. The minimum atomic E-state index is 1.08. The lowest BCUT2D eigenvalue weighted by atomic mass is 9.93. The molecule has 0 aliphatic heterocycles. The highest BCUT2D eigenvalue weighted by Gasteiger charge is 2.18. The van der Waals surface area contributed by atoms with Crippen molar-refractivity contribution in [3.05, 3.63) is 134 Å². The van der Waals surface area contributed by atoms with Gasteiger partial charge in [-0.25, -0.2) is 0 Å². The first kappa shape index (κ1) is 21.4. The molecule has 0 radical (unpaired) electrons. The Bertz CT molecular complexity index is 2090. The third kappa shape index (κ3) is 3.09. The Balaban J connectivity index is 1.43. The van der Waals surface area contributed by atoms with Crippen LogP contribution >= 0.6 is 11.3 Å². The van der Waals surface area contributed by atoms with Crippen molar-refractivity contribution in [1.82, 2.24) is 9.55 Å². The molecule has 2 nitrogen and oxygen atoms in total. The van der Waals surface area contributed by atoms with Crippen molar-refractivity contribution < 1.29 is 0 Å². The number of nitrogens with zero attached hydrogens (tertiary/aromatic N) is 2. The van der Waals surface area contributed by atoms with Gasteiger partial charge < -0.3 is 4.57 Å². The summed E-state index contributed by atoms with van der Waals surface area (Å²) in [6.45, 7) is 0. The summed E-state index contributed by atoms with van der Waals surface area (Å²) in [5, 5.41) is 3.76. The van der Waals surface area contributed by atoms with Crippen LogP contribution in [0.1, 0.15) is 0 Å². The highest BCUT2D eigenvalue weighted by Crippen LogP contribution is 2.44. The highest BCUT2D eigenvalue weighted by atomic mass is 32.1. The second kappa shape index (κ2) is 8.41. The first-order valence-corrected chi connectivity index (χ1v) is 13.6. The number of para-hydroxylation sites is 3. The van der Waals surface area contributed by atoms with E-state index in [4.69, 9.17) is 4.98 Å². The van der Waals surface area contributed by atoms with Crippen molar-refractivity contribution in [1.29, 1.82) is 0 Å². The molecule has 0 bridgehead atoms. The van der Waals surface area contributed by atoms with Gasteiger partial charge in [-0.2, -0.15) is 0 Å². The zero-order valence-corrected chi connectivity index (χ0v) is 21.3. The Labute approximate surface area is 224 Å². The van der Waals surface area contributed by atoms with Crippen LogP contribution < -0.4 is 0 Å². The summed E-state index contributed by atoms with van der Waals surface area (Å²) in [5.41, 5.74) is 9.62. The summed E-state index contributed by atoms with van der Waals surface area (Å²) in [5.74, 6) is 0. The van der Waals surface area contributed by atoms with Crippen LogP contribution in [0.5, 0.6) is 0 Å². The molecule has 38 heavy (non-hydrogen) atoms. The van der Waals surface area contributed by atoms with Crippen LogP contribution in [-0.2, 0) is 0 Å². The number of aromatic nitrogens is 2. The minimum absolute atomic E-state index is 1.08. The van der Waals surface area contributed by atoms with Crippen LogP contribution in [-0.4, -0.2) is 9.55 Å². The van der Waals surface area contributed by atoms with E-state index in [1.165, 1.54) is 64.5 Å². The molecule has 3 aromatic heterocycles. The molecule has 5 aromatic carbocycles. The molecule has 8 aromatic rings. The summed E-state index contributed by atoms with van der Waals surface area (Å²) in [6, 6.07) is 45.8. The second-order valence-electron chi connectivity index (χ2n) is 9.57. The molecule has 0 atom stereocenters. The largest absolute Gasteiger partial charge is 0.309 e. The van der Waals surface area contributed by atoms with E-state index in [-0.39, 0.29) is 0 Å². The lowest BCUT2D eigenvalue weighted by Gasteiger charge is -2.17. The van der Waals surface area contributed by atoms with Gasteiger partial charge in [-0.05, 0) is 41.5 Å². The Morgan fingerprint density at radius 1 is 0.474 bits per heavy atom. The van der Waals surface area contributed by atoms with Gasteiger partial charge in [0.05, 0.1) is 26.9 Å². The topological polar surface area (TPSA) is 17.8 Å². The summed E-state index contributed by atoms with van der Waals surface area (Å²) >= 11 is 1.83. The number of rotatable bonds is 3. The Kier molecular flexibility index (Phi) is 4.73. The van der Waals surface area contributed by atoms with Gasteiger partial charge in [0.25, 0.3) is 0 Å². The molecule has 0 unspecified atom stereocenters. The van der Waals surface area contributed by atoms with E-state index >= 15 is 0 Å². The van der Waals surface area contributed by atoms with Crippen molar-refractivity contribution in [2.45, 2.75) is 0 Å². The number of fused-ring (bicyclic) bond motifs is 6. The second-order valence-corrected chi connectivity index (χ2v) is 10.6. The molecular weight excluding hydrogens is 480 g/mol. The van der Waals surface area contributed by atoms with E-state index < -0.39 is 0 Å². The molecule has 0 amide bonds. The van der Waals surface area contributed by atoms with Crippen molar-refractivity contribution >= 4 is 53.4 Å². The fourth-order valence-corrected chi connectivity index (χ4v) is 7.05. The average molecular weight is 503 g/mol. The maximum absolute atomic E-state index is 4.70. The lowest BCUT2D eigenvalue weighted by Crippen LogP contribution is -1.98. The zero-order chi connectivity index (χ0) is 25.1. The maximum atomic E-state index is 4.70. The van der Waals surface area contributed by atoms with E-state index in [1.807, 2.05) is 23.6 Å². The molecule has 0 saturated heterocycles. The quantitative estimate of drug-likeness (QED) is 0.235. The molecule has 3 heteroatoms. The summed E-state index contributed by atoms with van der Waals surface area (Å²) in [4.78, 5) is 4.70. The van der Waals surface area contributed by atoms with Gasteiger partial charge in [-0.15, -0.1) is 11.3 Å². The van der Waals surface area contributed by atoms with Gasteiger partial charge in [0, 0.05) is 38.2 Å². The Morgan fingerprint density at radius 3 is 1.82 bits per heavy atom. The molecule has 8 rings (SSSR count). The van der Waals surface area contributed by atoms with Gasteiger partial charge >= 0.3 is 0 Å². The van der Waals surface area contributed by atoms with Crippen LogP contribution in [0.2, 0.25) is 0 Å². The number of thiophene rings is 1. The molecule has 0 aliphatic carbocycles.